The smallest absolute Gasteiger partial charge is 0.162 e. The van der Waals surface area contributed by atoms with Gasteiger partial charge >= 0.3 is 0 Å². The second kappa shape index (κ2) is 8.96. The predicted octanol–water partition coefficient (Wildman–Crippen LogP) is 3.11. The monoisotopic (exact) mass is 288 g/mol. The maximum atomic E-state index is 12.1. The largest absolute Gasteiger partial charge is 0.317 e. The van der Waals surface area contributed by atoms with E-state index in [1.165, 1.54) is 19.3 Å². The van der Waals surface area contributed by atoms with Gasteiger partial charge in [-0.2, -0.15) is 0 Å². The number of hydrogen-bond acceptors (Lipinski definition) is 3. The highest BCUT2D eigenvalue weighted by atomic mass is 16.1. The third-order valence-electron chi connectivity index (χ3n) is 4.28. The zero-order chi connectivity index (χ0) is 14.9. The number of carbonyl (C=O) groups excluding carboxylic acids is 1. The van der Waals surface area contributed by atoms with Crippen molar-refractivity contribution in [2.75, 3.05) is 26.2 Å². The molecule has 0 unspecified atom stereocenters. The molecule has 1 aromatic rings. The molecule has 1 N–H and O–H groups in total. The van der Waals surface area contributed by atoms with E-state index < -0.39 is 0 Å². The van der Waals surface area contributed by atoms with Gasteiger partial charge in [0.05, 0.1) is 0 Å². The van der Waals surface area contributed by atoms with Gasteiger partial charge < -0.3 is 10.2 Å². The number of nitrogens with zero attached hydrogens (tertiary/aromatic N) is 1. The van der Waals surface area contributed by atoms with Crippen LogP contribution >= 0.6 is 0 Å². The number of benzene rings is 1. The van der Waals surface area contributed by atoms with Crippen molar-refractivity contribution in [2.24, 2.45) is 0 Å². The molecule has 3 heteroatoms. The van der Waals surface area contributed by atoms with Crippen molar-refractivity contribution < 1.29 is 4.79 Å². The van der Waals surface area contributed by atoms with Crippen LogP contribution in [0.15, 0.2) is 30.3 Å². The van der Waals surface area contributed by atoms with Gasteiger partial charge in [-0.15, -0.1) is 0 Å². The lowest BCUT2D eigenvalue weighted by molar-refractivity contribution is 0.0965. The molecule has 0 saturated carbocycles. The molecular formula is C18H28N2O. The summed E-state index contributed by atoms with van der Waals surface area (Å²) in [6, 6.07) is 10.4. The fourth-order valence-corrected chi connectivity index (χ4v) is 3.15. The molecule has 1 aliphatic rings. The summed E-state index contributed by atoms with van der Waals surface area (Å²) >= 11 is 0. The Hall–Kier alpha value is -1.19. The highest BCUT2D eigenvalue weighted by molar-refractivity contribution is 5.95. The van der Waals surface area contributed by atoms with Crippen LogP contribution in [0.4, 0.5) is 0 Å². The van der Waals surface area contributed by atoms with E-state index in [2.05, 4.69) is 17.1 Å². The summed E-state index contributed by atoms with van der Waals surface area (Å²) in [6.07, 6.45) is 5.31. The Morgan fingerprint density at radius 1 is 1.19 bits per heavy atom. The first-order valence-electron chi connectivity index (χ1n) is 8.34. The van der Waals surface area contributed by atoms with Crippen molar-refractivity contribution in [3.05, 3.63) is 35.9 Å². The van der Waals surface area contributed by atoms with Crippen LogP contribution in [-0.4, -0.2) is 42.9 Å². The number of carbonyl (C=O) groups is 1. The molecule has 0 spiro atoms. The topological polar surface area (TPSA) is 32.3 Å². The molecule has 0 radical (unpaired) electrons. The number of rotatable bonds is 8. The van der Waals surface area contributed by atoms with Gasteiger partial charge in [0.25, 0.3) is 0 Å². The van der Waals surface area contributed by atoms with Crippen LogP contribution in [0.25, 0.3) is 0 Å². The van der Waals surface area contributed by atoms with Gasteiger partial charge in [-0.25, -0.2) is 0 Å². The first-order valence-corrected chi connectivity index (χ1v) is 8.34. The summed E-state index contributed by atoms with van der Waals surface area (Å²) in [7, 11) is 0. The lowest BCUT2D eigenvalue weighted by Gasteiger charge is -2.34. The first-order chi connectivity index (χ1) is 10.3. The Kier molecular flexibility index (Phi) is 6.90. The highest BCUT2D eigenvalue weighted by Gasteiger charge is 2.20. The third-order valence-corrected chi connectivity index (χ3v) is 4.28. The molecule has 0 aliphatic carbocycles. The summed E-state index contributed by atoms with van der Waals surface area (Å²) in [5.74, 6) is 0.275. The van der Waals surface area contributed by atoms with E-state index in [9.17, 15) is 4.79 Å². The van der Waals surface area contributed by atoms with Gasteiger partial charge in [-0.05, 0) is 51.9 Å². The summed E-state index contributed by atoms with van der Waals surface area (Å²) in [6.45, 7) is 6.71. The molecule has 0 bridgehead atoms. The summed E-state index contributed by atoms with van der Waals surface area (Å²) in [4.78, 5) is 14.7. The molecular weight excluding hydrogens is 260 g/mol. The average molecular weight is 288 g/mol. The minimum Gasteiger partial charge on any atom is -0.317 e. The van der Waals surface area contributed by atoms with Crippen LogP contribution in [0.2, 0.25) is 0 Å². The lowest BCUT2D eigenvalue weighted by atomic mass is 10.0. The maximum Gasteiger partial charge on any atom is 0.162 e. The van der Waals surface area contributed by atoms with Gasteiger partial charge in [-0.3, -0.25) is 4.79 Å². The Morgan fingerprint density at radius 2 is 1.90 bits per heavy atom. The van der Waals surface area contributed by atoms with E-state index >= 15 is 0 Å². The molecule has 1 aliphatic heterocycles. The van der Waals surface area contributed by atoms with Crippen molar-refractivity contribution in [1.29, 1.82) is 0 Å². The molecule has 1 fully saturated rings. The fraction of sp³-hybridized carbons (Fsp3) is 0.611. The molecule has 2 rings (SSSR count). The summed E-state index contributed by atoms with van der Waals surface area (Å²) < 4.78 is 0. The number of hydrogen-bond donors (Lipinski definition) is 1. The maximum absolute atomic E-state index is 12.1. The Balaban J connectivity index is 1.77. The van der Waals surface area contributed by atoms with E-state index in [0.29, 0.717) is 12.5 Å². The van der Waals surface area contributed by atoms with Crippen molar-refractivity contribution in [1.82, 2.24) is 10.2 Å². The Morgan fingerprint density at radius 3 is 2.57 bits per heavy atom. The second-order valence-corrected chi connectivity index (χ2v) is 5.91. The van der Waals surface area contributed by atoms with Gasteiger partial charge in [0.2, 0.25) is 0 Å². The third kappa shape index (κ3) is 5.25. The SMILES string of the molecule is CCCN(CCCC(=O)c1ccccc1)C1CCNCC1. The van der Waals surface area contributed by atoms with Gasteiger partial charge in [0, 0.05) is 18.0 Å². The Bertz CT molecular complexity index is 412. The summed E-state index contributed by atoms with van der Waals surface area (Å²) in [5.41, 5.74) is 0.849. The number of piperidine rings is 1. The zero-order valence-electron chi connectivity index (χ0n) is 13.2. The lowest BCUT2D eigenvalue weighted by Crippen LogP contribution is -2.43. The summed E-state index contributed by atoms with van der Waals surface area (Å²) in [5, 5.41) is 3.43. The van der Waals surface area contributed by atoms with Crippen LogP contribution in [0.5, 0.6) is 0 Å². The molecule has 1 aromatic carbocycles. The molecule has 0 amide bonds. The molecule has 0 atom stereocenters. The fourth-order valence-electron chi connectivity index (χ4n) is 3.15. The average Bonchev–Trinajstić information content (AvgIpc) is 2.55. The second-order valence-electron chi connectivity index (χ2n) is 5.91. The normalized spacial score (nSPS) is 16.3. The number of Topliss-reactive ketones (excluding diaryl/α,β-unsaturated/α-hetero) is 1. The minimum absolute atomic E-state index is 0.275. The van der Waals surface area contributed by atoms with Crippen molar-refractivity contribution in [3.63, 3.8) is 0 Å². The minimum atomic E-state index is 0.275. The van der Waals surface area contributed by atoms with Crippen LogP contribution in [0.3, 0.4) is 0 Å². The van der Waals surface area contributed by atoms with Crippen LogP contribution < -0.4 is 5.32 Å². The van der Waals surface area contributed by atoms with Crippen molar-refractivity contribution in [3.8, 4) is 0 Å². The van der Waals surface area contributed by atoms with Crippen LogP contribution in [0.1, 0.15) is 49.4 Å². The van der Waals surface area contributed by atoms with Crippen molar-refractivity contribution >= 4 is 5.78 Å². The van der Waals surface area contributed by atoms with Gasteiger partial charge in [-0.1, -0.05) is 37.3 Å². The van der Waals surface area contributed by atoms with Gasteiger partial charge in [0.15, 0.2) is 5.78 Å². The molecule has 1 saturated heterocycles. The highest BCUT2D eigenvalue weighted by Crippen LogP contribution is 2.14. The molecule has 1 heterocycles. The molecule has 3 nitrogen and oxygen atoms in total. The van der Waals surface area contributed by atoms with E-state index in [4.69, 9.17) is 0 Å². The Labute approximate surface area is 128 Å². The number of ketones is 1. The van der Waals surface area contributed by atoms with E-state index in [-0.39, 0.29) is 5.78 Å². The van der Waals surface area contributed by atoms with Crippen molar-refractivity contribution in [2.45, 2.75) is 45.1 Å². The van der Waals surface area contributed by atoms with Crippen LogP contribution in [-0.2, 0) is 0 Å². The van der Waals surface area contributed by atoms with Gasteiger partial charge in [0.1, 0.15) is 0 Å². The van der Waals surface area contributed by atoms with E-state index in [1.54, 1.807) is 0 Å². The van der Waals surface area contributed by atoms with Crippen LogP contribution in [0, 0.1) is 0 Å². The quantitative estimate of drug-likeness (QED) is 0.746. The molecule has 21 heavy (non-hydrogen) atoms. The van der Waals surface area contributed by atoms with E-state index in [1.807, 2.05) is 30.3 Å². The number of nitrogens with one attached hydrogen (secondary N) is 1. The molecule has 0 aromatic heterocycles. The molecule has 116 valence electrons. The van der Waals surface area contributed by atoms with E-state index in [0.717, 1.165) is 38.2 Å². The standard InChI is InChI=1S/C18H28N2O/c1-2-14-20(17-10-12-19-13-11-17)15-6-9-18(21)16-7-4-3-5-8-16/h3-5,7-8,17,19H,2,6,9-15H2,1H3. The zero-order valence-corrected chi connectivity index (χ0v) is 13.2. The predicted molar refractivity (Wildman–Crippen MR) is 87.8 cm³/mol. The first kappa shape index (κ1) is 16.2.